The second-order valence-corrected chi connectivity index (χ2v) is 6.41. The number of nitrogens with one attached hydrogen (secondary N) is 1. The summed E-state index contributed by atoms with van der Waals surface area (Å²) in [5.41, 5.74) is 1.84. The third-order valence-corrected chi connectivity index (χ3v) is 4.41. The number of hydrogen-bond acceptors (Lipinski definition) is 4. The lowest BCUT2D eigenvalue weighted by molar-refractivity contribution is -0.117. The minimum atomic E-state index is -0.0531. The van der Waals surface area contributed by atoms with Gasteiger partial charge in [-0.05, 0) is 52.3 Å². The molecular formula is C19H23BrN2O3. The summed E-state index contributed by atoms with van der Waals surface area (Å²) in [6.07, 6.45) is 0. The van der Waals surface area contributed by atoms with Crippen LogP contribution in [0.15, 0.2) is 46.9 Å². The molecule has 0 bridgehead atoms. The number of ether oxygens (including phenoxy) is 2. The summed E-state index contributed by atoms with van der Waals surface area (Å²) < 4.78 is 11.3. The van der Waals surface area contributed by atoms with Gasteiger partial charge in [0.1, 0.15) is 11.5 Å². The first-order valence-electron chi connectivity index (χ1n) is 8.04. The number of rotatable bonds is 8. The number of likely N-dealkylation sites (N-methyl/N-ethyl adjacent to an activating group) is 1. The molecule has 134 valence electrons. The zero-order valence-corrected chi connectivity index (χ0v) is 16.3. The smallest absolute Gasteiger partial charge is 0.238 e. The van der Waals surface area contributed by atoms with Crippen molar-refractivity contribution in [1.29, 1.82) is 0 Å². The predicted molar refractivity (Wildman–Crippen MR) is 103 cm³/mol. The number of amides is 1. The largest absolute Gasteiger partial charge is 0.497 e. The molecule has 5 nitrogen and oxygen atoms in total. The molecule has 2 aromatic rings. The molecule has 25 heavy (non-hydrogen) atoms. The van der Waals surface area contributed by atoms with E-state index in [1.54, 1.807) is 20.3 Å². The van der Waals surface area contributed by atoms with E-state index in [9.17, 15) is 4.79 Å². The lowest BCUT2D eigenvalue weighted by Crippen LogP contribution is -2.32. The molecule has 0 aromatic heterocycles. The Balaban J connectivity index is 1.96. The molecule has 0 radical (unpaired) electrons. The van der Waals surface area contributed by atoms with Crippen molar-refractivity contribution in [2.75, 3.05) is 32.6 Å². The van der Waals surface area contributed by atoms with Gasteiger partial charge in [0.2, 0.25) is 5.91 Å². The highest BCUT2D eigenvalue weighted by Crippen LogP contribution is 2.26. The van der Waals surface area contributed by atoms with Crippen LogP contribution in [0.1, 0.15) is 12.5 Å². The van der Waals surface area contributed by atoms with Crippen molar-refractivity contribution < 1.29 is 14.3 Å². The third-order valence-electron chi connectivity index (χ3n) is 3.79. The Hall–Kier alpha value is -2.05. The van der Waals surface area contributed by atoms with E-state index in [1.807, 2.05) is 43.3 Å². The Kier molecular flexibility index (Phi) is 7.28. The van der Waals surface area contributed by atoms with Gasteiger partial charge in [-0.25, -0.2) is 0 Å². The molecule has 1 amide bonds. The fourth-order valence-corrected chi connectivity index (χ4v) is 3.04. The summed E-state index contributed by atoms with van der Waals surface area (Å²) in [7, 11) is 3.24. The summed E-state index contributed by atoms with van der Waals surface area (Å²) in [6, 6.07) is 13.3. The number of halogens is 1. The zero-order chi connectivity index (χ0) is 18.2. The van der Waals surface area contributed by atoms with Crippen molar-refractivity contribution in [2.45, 2.75) is 13.5 Å². The molecule has 2 aromatic carbocycles. The summed E-state index contributed by atoms with van der Waals surface area (Å²) in [4.78, 5) is 14.4. The topological polar surface area (TPSA) is 50.8 Å². The molecule has 0 saturated heterocycles. The Morgan fingerprint density at radius 1 is 1.16 bits per heavy atom. The van der Waals surface area contributed by atoms with Crippen LogP contribution in [-0.4, -0.2) is 38.1 Å². The van der Waals surface area contributed by atoms with Crippen LogP contribution in [0.3, 0.4) is 0 Å². The van der Waals surface area contributed by atoms with Crippen LogP contribution in [0.2, 0.25) is 0 Å². The van der Waals surface area contributed by atoms with E-state index in [2.05, 4.69) is 26.1 Å². The molecule has 0 saturated carbocycles. The third kappa shape index (κ3) is 5.76. The summed E-state index contributed by atoms with van der Waals surface area (Å²) >= 11 is 3.49. The Morgan fingerprint density at radius 3 is 2.60 bits per heavy atom. The van der Waals surface area contributed by atoms with Gasteiger partial charge in [-0.15, -0.1) is 0 Å². The molecule has 0 atom stereocenters. The monoisotopic (exact) mass is 406 g/mol. The second kappa shape index (κ2) is 9.44. The lowest BCUT2D eigenvalue weighted by Gasteiger charge is -2.20. The summed E-state index contributed by atoms with van der Waals surface area (Å²) in [6.45, 7) is 3.81. The SMILES string of the molecule is CCN(CC(=O)Nc1cccc(OC)c1)Cc1ccc(OC)c(Br)c1. The first-order chi connectivity index (χ1) is 12.0. The average Bonchev–Trinajstić information content (AvgIpc) is 2.61. The fraction of sp³-hybridized carbons (Fsp3) is 0.316. The number of anilines is 1. The van der Waals surface area contributed by atoms with E-state index in [4.69, 9.17) is 9.47 Å². The average molecular weight is 407 g/mol. The van der Waals surface area contributed by atoms with Gasteiger partial charge >= 0.3 is 0 Å². The van der Waals surface area contributed by atoms with Crippen LogP contribution in [0.5, 0.6) is 11.5 Å². The van der Waals surface area contributed by atoms with Crippen molar-refractivity contribution >= 4 is 27.5 Å². The normalized spacial score (nSPS) is 10.6. The number of hydrogen-bond donors (Lipinski definition) is 1. The Morgan fingerprint density at radius 2 is 1.96 bits per heavy atom. The van der Waals surface area contributed by atoms with Gasteiger partial charge in [-0.3, -0.25) is 9.69 Å². The minimum Gasteiger partial charge on any atom is -0.497 e. The predicted octanol–water partition coefficient (Wildman–Crippen LogP) is 3.93. The maximum atomic E-state index is 12.3. The molecule has 0 aliphatic heterocycles. The fourth-order valence-electron chi connectivity index (χ4n) is 2.45. The molecule has 0 aliphatic carbocycles. The van der Waals surface area contributed by atoms with Gasteiger partial charge < -0.3 is 14.8 Å². The zero-order valence-electron chi connectivity index (χ0n) is 14.7. The Bertz CT molecular complexity index is 722. The molecule has 2 rings (SSSR count). The van der Waals surface area contributed by atoms with Crippen LogP contribution >= 0.6 is 15.9 Å². The molecular weight excluding hydrogens is 384 g/mol. The van der Waals surface area contributed by atoms with E-state index in [-0.39, 0.29) is 5.91 Å². The molecule has 0 aliphatic rings. The molecule has 1 N–H and O–H groups in total. The second-order valence-electron chi connectivity index (χ2n) is 5.55. The van der Waals surface area contributed by atoms with E-state index in [0.29, 0.717) is 18.8 Å². The van der Waals surface area contributed by atoms with Gasteiger partial charge in [0.05, 0.1) is 25.2 Å². The van der Waals surface area contributed by atoms with Gasteiger partial charge in [0, 0.05) is 18.3 Å². The van der Waals surface area contributed by atoms with Crippen molar-refractivity contribution in [1.82, 2.24) is 4.90 Å². The highest BCUT2D eigenvalue weighted by Gasteiger charge is 2.11. The van der Waals surface area contributed by atoms with Gasteiger partial charge in [0.15, 0.2) is 0 Å². The molecule has 6 heteroatoms. The van der Waals surface area contributed by atoms with E-state index < -0.39 is 0 Å². The summed E-state index contributed by atoms with van der Waals surface area (Å²) in [5, 5.41) is 2.91. The quantitative estimate of drug-likeness (QED) is 0.721. The van der Waals surface area contributed by atoms with Gasteiger partial charge in [-0.1, -0.05) is 19.1 Å². The van der Waals surface area contributed by atoms with Crippen LogP contribution < -0.4 is 14.8 Å². The maximum Gasteiger partial charge on any atom is 0.238 e. The van der Waals surface area contributed by atoms with Crippen molar-refractivity contribution in [3.05, 3.63) is 52.5 Å². The van der Waals surface area contributed by atoms with E-state index in [0.717, 1.165) is 28.0 Å². The first-order valence-corrected chi connectivity index (χ1v) is 8.83. The van der Waals surface area contributed by atoms with Crippen LogP contribution in [0.4, 0.5) is 5.69 Å². The van der Waals surface area contributed by atoms with Gasteiger partial charge in [-0.2, -0.15) is 0 Å². The number of benzene rings is 2. The van der Waals surface area contributed by atoms with Crippen molar-refractivity contribution in [3.8, 4) is 11.5 Å². The molecule has 0 spiro atoms. The molecule has 0 heterocycles. The highest BCUT2D eigenvalue weighted by molar-refractivity contribution is 9.10. The standard InChI is InChI=1S/C19H23BrN2O3/c1-4-22(12-14-8-9-18(25-3)17(20)10-14)13-19(23)21-15-6-5-7-16(11-15)24-2/h5-11H,4,12-13H2,1-3H3,(H,21,23). The van der Waals surface area contributed by atoms with Crippen molar-refractivity contribution in [2.24, 2.45) is 0 Å². The van der Waals surface area contributed by atoms with Crippen LogP contribution in [0.25, 0.3) is 0 Å². The number of methoxy groups -OCH3 is 2. The highest BCUT2D eigenvalue weighted by atomic mass is 79.9. The molecule has 0 unspecified atom stereocenters. The summed E-state index contributed by atoms with van der Waals surface area (Å²) in [5.74, 6) is 1.46. The number of nitrogens with zero attached hydrogens (tertiary/aromatic N) is 1. The Labute approximate surface area is 157 Å². The number of carbonyl (C=O) groups excluding carboxylic acids is 1. The van der Waals surface area contributed by atoms with Crippen LogP contribution in [-0.2, 0) is 11.3 Å². The molecule has 0 fully saturated rings. The minimum absolute atomic E-state index is 0.0531. The maximum absolute atomic E-state index is 12.3. The van der Waals surface area contributed by atoms with E-state index >= 15 is 0 Å². The van der Waals surface area contributed by atoms with Gasteiger partial charge in [0.25, 0.3) is 0 Å². The van der Waals surface area contributed by atoms with Crippen LogP contribution in [0, 0.1) is 0 Å². The van der Waals surface area contributed by atoms with Crippen molar-refractivity contribution in [3.63, 3.8) is 0 Å². The number of carbonyl (C=O) groups is 1. The van der Waals surface area contributed by atoms with E-state index in [1.165, 1.54) is 0 Å². The lowest BCUT2D eigenvalue weighted by atomic mass is 10.2. The first kappa shape index (κ1) is 19.3.